The molecule has 1 aromatic carbocycles. The molecule has 0 amide bonds. The molecule has 2 unspecified atom stereocenters. The Morgan fingerprint density at radius 1 is 1.29 bits per heavy atom. The van der Waals surface area contributed by atoms with Crippen LogP contribution in [0.1, 0.15) is 37.3 Å². The Hall–Kier alpha value is -1.55. The van der Waals surface area contributed by atoms with Crippen LogP contribution in [-0.2, 0) is 0 Å². The first-order chi connectivity index (χ1) is 10.1. The van der Waals surface area contributed by atoms with E-state index in [-0.39, 0.29) is 5.84 Å². The Kier molecular flexibility index (Phi) is 3.89. The number of rotatable bonds is 2. The lowest BCUT2D eigenvalue weighted by Gasteiger charge is -2.48. The lowest BCUT2D eigenvalue weighted by atomic mass is 9.95. The summed E-state index contributed by atoms with van der Waals surface area (Å²) in [6, 6.07) is 7.44. The van der Waals surface area contributed by atoms with Crippen LogP contribution in [0.3, 0.4) is 0 Å². The van der Waals surface area contributed by atoms with Gasteiger partial charge in [0.15, 0.2) is 0 Å². The van der Waals surface area contributed by atoms with Crippen LogP contribution < -0.4 is 10.6 Å². The summed E-state index contributed by atoms with van der Waals surface area (Å²) in [5.74, 6) is 0.173. The zero-order valence-electron chi connectivity index (χ0n) is 13.1. The molecule has 3 N–H and O–H groups in total. The highest BCUT2D eigenvalue weighted by molar-refractivity contribution is 6.00. The number of amidine groups is 1. The molecular weight excluding hydrogens is 260 g/mol. The number of nitrogen functional groups attached to an aromatic ring is 1. The van der Waals surface area contributed by atoms with Crippen molar-refractivity contribution in [3.63, 3.8) is 0 Å². The molecule has 114 valence electrons. The number of nitrogens with two attached hydrogens (primary N) is 1. The van der Waals surface area contributed by atoms with E-state index in [2.05, 4.69) is 35.8 Å². The summed E-state index contributed by atoms with van der Waals surface area (Å²) in [6.07, 6.45) is 3.98. The van der Waals surface area contributed by atoms with Gasteiger partial charge in [-0.05, 0) is 45.4 Å². The molecule has 2 aliphatic rings. The van der Waals surface area contributed by atoms with E-state index >= 15 is 0 Å². The Balaban J connectivity index is 1.91. The Labute approximate surface area is 127 Å². The Morgan fingerprint density at radius 3 is 2.86 bits per heavy atom. The molecule has 4 nitrogen and oxygen atoms in total. The van der Waals surface area contributed by atoms with E-state index < -0.39 is 0 Å². The van der Waals surface area contributed by atoms with Crippen molar-refractivity contribution in [1.29, 1.82) is 5.41 Å². The van der Waals surface area contributed by atoms with Crippen LogP contribution in [0.25, 0.3) is 0 Å². The number of nitrogens with one attached hydrogen (secondary N) is 1. The van der Waals surface area contributed by atoms with Gasteiger partial charge in [0, 0.05) is 36.4 Å². The third-order valence-electron chi connectivity index (χ3n) is 4.94. The van der Waals surface area contributed by atoms with Crippen LogP contribution in [-0.4, -0.2) is 42.5 Å². The van der Waals surface area contributed by atoms with Gasteiger partial charge in [0.1, 0.15) is 5.84 Å². The number of piperidine rings is 1. The second kappa shape index (κ2) is 5.68. The van der Waals surface area contributed by atoms with E-state index in [1.165, 1.54) is 25.8 Å². The van der Waals surface area contributed by atoms with Crippen LogP contribution in [0.15, 0.2) is 18.2 Å². The predicted octanol–water partition coefficient (Wildman–Crippen LogP) is 2.34. The van der Waals surface area contributed by atoms with E-state index in [4.69, 9.17) is 11.1 Å². The number of benzene rings is 1. The topological polar surface area (TPSA) is 56.4 Å². The summed E-state index contributed by atoms with van der Waals surface area (Å²) in [5, 5.41) is 7.88. The molecule has 1 aromatic rings. The van der Waals surface area contributed by atoms with E-state index in [1.807, 2.05) is 6.07 Å². The maximum Gasteiger partial charge on any atom is 0.124 e. The molecule has 0 aliphatic carbocycles. The lowest BCUT2D eigenvalue weighted by Crippen LogP contribution is -2.59. The maximum atomic E-state index is 7.88. The number of anilines is 1. The highest BCUT2D eigenvalue weighted by atomic mass is 15.3. The van der Waals surface area contributed by atoms with Gasteiger partial charge in [-0.3, -0.25) is 10.3 Å². The fourth-order valence-electron chi connectivity index (χ4n) is 3.80. The average Bonchev–Trinajstić information content (AvgIpc) is 2.46. The van der Waals surface area contributed by atoms with Crippen molar-refractivity contribution in [3.05, 3.63) is 29.3 Å². The molecular formula is C17H26N4. The molecule has 0 radical (unpaired) electrons. The average molecular weight is 286 g/mol. The van der Waals surface area contributed by atoms with Gasteiger partial charge in [0.05, 0.1) is 0 Å². The fourth-order valence-corrected chi connectivity index (χ4v) is 3.80. The standard InChI is InChI=1S/C17H26N4/c1-12-6-7-16(15(9-12)17(18)19)21-11-14-5-3-4-8-20(14)10-13(21)2/h6-7,9,13-14H,3-5,8,10-11H2,1-2H3,(H3,18,19). The highest BCUT2D eigenvalue weighted by Crippen LogP contribution is 2.30. The first-order valence-corrected chi connectivity index (χ1v) is 8.02. The first kappa shape index (κ1) is 14.4. The number of aryl methyl sites for hydroxylation is 1. The second-order valence-corrected chi connectivity index (χ2v) is 6.58. The molecule has 0 saturated carbocycles. The number of hydrogen-bond donors (Lipinski definition) is 2. The van der Waals surface area contributed by atoms with Crippen LogP contribution in [0.5, 0.6) is 0 Å². The third kappa shape index (κ3) is 2.77. The van der Waals surface area contributed by atoms with E-state index in [1.54, 1.807) is 0 Å². The van der Waals surface area contributed by atoms with Crippen LogP contribution >= 0.6 is 0 Å². The zero-order chi connectivity index (χ0) is 15.0. The molecule has 0 aromatic heterocycles. The van der Waals surface area contributed by atoms with Crippen molar-refractivity contribution in [3.8, 4) is 0 Å². The number of fused-ring (bicyclic) bond motifs is 1. The van der Waals surface area contributed by atoms with Crippen molar-refractivity contribution in [2.45, 2.75) is 45.2 Å². The van der Waals surface area contributed by atoms with Gasteiger partial charge in [-0.25, -0.2) is 0 Å². The summed E-state index contributed by atoms with van der Waals surface area (Å²) >= 11 is 0. The highest BCUT2D eigenvalue weighted by Gasteiger charge is 2.33. The smallest absolute Gasteiger partial charge is 0.124 e. The zero-order valence-corrected chi connectivity index (χ0v) is 13.1. The van der Waals surface area contributed by atoms with Gasteiger partial charge in [0.25, 0.3) is 0 Å². The second-order valence-electron chi connectivity index (χ2n) is 6.58. The molecule has 2 heterocycles. The lowest BCUT2D eigenvalue weighted by molar-refractivity contribution is 0.115. The SMILES string of the molecule is Cc1ccc(N2CC3CCCCN3CC2C)c(C(=N)N)c1. The van der Waals surface area contributed by atoms with Gasteiger partial charge in [-0.1, -0.05) is 18.1 Å². The first-order valence-electron chi connectivity index (χ1n) is 8.02. The normalized spacial score (nSPS) is 26.5. The van der Waals surface area contributed by atoms with Gasteiger partial charge in [-0.15, -0.1) is 0 Å². The van der Waals surface area contributed by atoms with Crippen molar-refractivity contribution < 1.29 is 0 Å². The number of piperazine rings is 1. The maximum absolute atomic E-state index is 7.88. The summed E-state index contributed by atoms with van der Waals surface area (Å²) in [6.45, 7) is 7.77. The summed E-state index contributed by atoms with van der Waals surface area (Å²) < 4.78 is 0. The quantitative estimate of drug-likeness (QED) is 0.648. The Morgan fingerprint density at radius 2 is 2.10 bits per heavy atom. The molecule has 21 heavy (non-hydrogen) atoms. The summed E-state index contributed by atoms with van der Waals surface area (Å²) in [5.41, 5.74) is 8.98. The largest absolute Gasteiger partial charge is 0.384 e. The van der Waals surface area contributed by atoms with E-state index in [0.717, 1.165) is 29.9 Å². The van der Waals surface area contributed by atoms with Gasteiger partial charge < -0.3 is 10.6 Å². The van der Waals surface area contributed by atoms with Gasteiger partial charge in [-0.2, -0.15) is 0 Å². The fraction of sp³-hybridized carbons (Fsp3) is 0.588. The minimum atomic E-state index is 0.173. The van der Waals surface area contributed by atoms with E-state index in [9.17, 15) is 0 Å². The third-order valence-corrected chi connectivity index (χ3v) is 4.94. The van der Waals surface area contributed by atoms with Crippen molar-refractivity contribution >= 4 is 11.5 Å². The molecule has 2 atom stereocenters. The van der Waals surface area contributed by atoms with Gasteiger partial charge >= 0.3 is 0 Å². The molecule has 4 heteroatoms. The van der Waals surface area contributed by atoms with Crippen LogP contribution in [0.2, 0.25) is 0 Å². The predicted molar refractivity (Wildman–Crippen MR) is 88.2 cm³/mol. The van der Waals surface area contributed by atoms with Gasteiger partial charge in [0.2, 0.25) is 0 Å². The van der Waals surface area contributed by atoms with Crippen molar-refractivity contribution in [2.24, 2.45) is 5.73 Å². The molecule has 3 rings (SSSR count). The Bertz CT molecular complexity index is 540. The minimum absolute atomic E-state index is 0.173. The molecule has 2 aliphatic heterocycles. The van der Waals surface area contributed by atoms with Crippen molar-refractivity contribution in [2.75, 3.05) is 24.5 Å². The van der Waals surface area contributed by atoms with E-state index in [0.29, 0.717) is 12.1 Å². The van der Waals surface area contributed by atoms with Crippen LogP contribution in [0, 0.1) is 12.3 Å². The van der Waals surface area contributed by atoms with Crippen molar-refractivity contribution in [1.82, 2.24) is 4.90 Å². The van der Waals surface area contributed by atoms with Crippen LogP contribution in [0.4, 0.5) is 5.69 Å². The number of nitrogens with zero attached hydrogens (tertiary/aromatic N) is 2. The summed E-state index contributed by atoms with van der Waals surface area (Å²) in [7, 11) is 0. The number of hydrogen-bond acceptors (Lipinski definition) is 3. The molecule has 0 spiro atoms. The minimum Gasteiger partial charge on any atom is -0.384 e. The summed E-state index contributed by atoms with van der Waals surface area (Å²) in [4.78, 5) is 5.11. The molecule has 2 saturated heterocycles. The molecule has 0 bridgehead atoms. The molecule has 2 fully saturated rings. The monoisotopic (exact) mass is 286 g/mol.